The van der Waals surface area contributed by atoms with Crippen molar-refractivity contribution in [2.45, 2.75) is 31.2 Å². The maximum atomic E-state index is 13.1. The number of fused-ring (bicyclic) bond motifs is 3. The van der Waals surface area contributed by atoms with E-state index in [1.165, 1.54) is 10.4 Å². The first-order valence-electron chi connectivity index (χ1n) is 9.22. The molecule has 3 atom stereocenters. The van der Waals surface area contributed by atoms with Gasteiger partial charge in [0.25, 0.3) is 5.91 Å². The van der Waals surface area contributed by atoms with Crippen LogP contribution in [0.15, 0.2) is 47.9 Å². The van der Waals surface area contributed by atoms with Crippen LogP contribution in [0.5, 0.6) is 0 Å². The number of carbonyl (C=O) groups excluding carboxylic acids is 1. The van der Waals surface area contributed by atoms with Gasteiger partial charge in [0.1, 0.15) is 0 Å². The van der Waals surface area contributed by atoms with Crippen LogP contribution in [-0.2, 0) is 0 Å². The van der Waals surface area contributed by atoms with E-state index >= 15 is 0 Å². The zero-order valence-corrected chi connectivity index (χ0v) is 15.0. The molecule has 1 aliphatic carbocycles. The number of allylic oxidation sites excluding steroid dienone is 2. The molecule has 1 N–H and O–H groups in total. The number of anilines is 1. The van der Waals surface area contributed by atoms with Crippen LogP contribution in [0, 0.1) is 5.92 Å². The lowest BCUT2D eigenvalue weighted by Crippen LogP contribution is -2.33. The Bertz CT molecular complexity index is 820. The fraction of sp³-hybridized carbons (Fsp3) is 0.381. The largest absolute Gasteiger partial charge is 0.376 e. The maximum absolute atomic E-state index is 13.1. The van der Waals surface area contributed by atoms with Crippen molar-refractivity contribution in [3.63, 3.8) is 0 Å². The van der Waals surface area contributed by atoms with Gasteiger partial charge in [-0.3, -0.25) is 4.79 Å². The molecule has 3 aliphatic rings. The molecule has 1 aromatic carbocycles. The summed E-state index contributed by atoms with van der Waals surface area (Å²) in [7, 11) is 0. The third kappa shape index (κ3) is 2.43. The molecule has 0 saturated carbocycles. The van der Waals surface area contributed by atoms with Crippen molar-refractivity contribution in [1.82, 2.24) is 4.90 Å². The topological polar surface area (TPSA) is 32.3 Å². The van der Waals surface area contributed by atoms with Gasteiger partial charge < -0.3 is 10.2 Å². The van der Waals surface area contributed by atoms with Crippen LogP contribution in [0.2, 0.25) is 0 Å². The van der Waals surface area contributed by atoms with Crippen LogP contribution in [0.4, 0.5) is 5.69 Å². The number of nitrogens with one attached hydrogen (secondary N) is 1. The Kier molecular flexibility index (Phi) is 3.66. The van der Waals surface area contributed by atoms with Crippen LogP contribution in [-0.4, -0.2) is 23.9 Å². The van der Waals surface area contributed by atoms with Gasteiger partial charge in [0.2, 0.25) is 0 Å². The first kappa shape index (κ1) is 15.2. The van der Waals surface area contributed by atoms with Crippen molar-refractivity contribution >= 4 is 22.9 Å². The average molecular weight is 350 g/mol. The minimum absolute atomic E-state index is 0.187. The van der Waals surface area contributed by atoms with E-state index in [0.717, 1.165) is 43.6 Å². The zero-order valence-electron chi connectivity index (χ0n) is 14.2. The summed E-state index contributed by atoms with van der Waals surface area (Å²) < 4.78 is 0. The average Bonchev–Trinajstić information content (AvgIpc) is 3.42. The fourth-order valence-electron chi connectivity index (χ4n) is 4.64. The van der Waals surface area contributed by atoms with Gasteiger partial charge in [0, 0.05) is 23.9 Å². The number of carbonyl (C=O) groups is 1. The lowest BCUT2D eigenvalue weighted by molar-refractivity contribution is 0.0793. The normalized spacial score (nSPS) is 27.0. The summed E-state index contributed by atoms with van der Waals surface area (Å²) in [6.07, 6.45) is 8.00. The number of rotatable bonds is 2. The number of thiophene rings is 1. The number of benzene rings is 1. The number of likely N-dealkylation sites (tertiary alicyclic amines) is 1. The van der Waals surface area contributed by atoms with Gasteiger partial charge in [-0.1, -0.05) is 30.4 Å². The van der Waals surface area contributed by atoms with E-state index in [1.807, 2.05) is 11.0 Å². The highest BCUT2D eigenvalue weighted by Crippen LogP contribution is 2.51. The molecule has 2 aromatic rings. The van der Waals surface area contributed by atoms with Crippen LogP contribution in [0.3, 0.4) is 0 Å². The van der Waals surface area contributed by atoms with E-state index in [-0.39, 0.29) is 5.91 Å². The van der Waals surface area contributed by atoms with E-state index in [1.54, 1.807) is 11.3 Å². The van der Waals surface area contributed by atoms with Crippen molar-refractivity contribution in [2.24, 2.45) is 5.92 Å². The monoisotopic (exact) mass is 350 g/mol. The van der Waals surface area contributed by atoms with Crippen molar-refractivity contribution in [2.75, 3.05) is 18.4 Å². The summed E-state index contributed by atoms with van der Waals surface area (Å²) in [4.78, 5) is 16.5. The molecule has 3 heterocycles. The Labute approximate surface area is 152 Å². The summed E-state index contributed by atoms with van der Waals surface area (Å²) in [6.45, 7) is 1.78. The molecule has 1 aromatic heterocycles. The summed E-state index contributed by atoms with van der Waals surface area (Å²) in [5.74, 6) is 1.14. The number of hydrogen-bond donors (Lipinski definition) is 1. The Morgan fingerprint density at radius 2 is 2.04 bits per heavy atom. The highest BCUT2D eigenvalue weighted by Gasteiger charge is 2.40. The van der Waals surface area contributed by atoms with E-state index in [4.69, 9.17) is 0 Å². The summed E-state index contributed by atoms with van der Waals surface area (Å²) >= 11 is 1.81. The van der Waals surface area contributed by atoms with Gasteiger partial charge in [-0.05, 0) is 48.3 Å². The van der Waals surface area contributed by atoms with Gasteiger partial charge in [-0.2, -0.15) is 0 Å². The van der Waals surface area contributed by atoms with Crippen LogP contribution >= 0.6 is 11.3 Å². The predicted octanol–water partition coefficient (Wildman–Crippen LogP) is 4.81. The number of hydrogen-bond acceptors (Lipinski definition) is 3. The lowest BCUT2D eigenvalue weighted by Gasteiger charge is -2.38. The predicted molar refractivity (Wildman–Crippen MR) is 102 cm³/mol. The van der Waals surface area contributed by atoms with Crippen molar-refractivity contribution < 1.29 is 4.79 Å². The molecule has 4 heteroatoms. The molecule has 3 unspecified atom stereocenters. The van der Waals surface area contributed by atoms with Crippen molar-refractivity contribution in [3.8, 4) is 0 Å². The zero-order chi connectivity index (χ0) is 16.8. The summed E-state index contributed by atoms with van der Waals surface area (Å²) in [5, 5.41) is 5.91. The second-order valence-electron chi connectivity index (χ2n) is 7.26. The van der Waals surface area contributed by atoms with Crippen LogP contribution < -0.4 is 5.32 Å². The number of amides is 1. The first-order valence-corrected chi connectivity index (χ1v) is 10.1. The molecule has 128 valence electrons. The smallest absolute Gasteiger partial charge is 0.255 e. The number of nitrogens with zero attached hydrogens (tertiary/aromatic N) is 1. The van der Waals surface area contributed by atoms with Crippen LogP contribution in [0.25, 0.3) is 0 Å². The number of para-hydroxylation sites is 1. The SMILES string of the molecule is O=C(c1cccc2c1NC(c1cccs1)C1CC=CC21)N1CCCC1. The van der Waals surface area contributed by atoms with Crippen molar-refractivity contribution in [1.29, 1.82) is 0 Å². The first-order chi connectivity index (χ1) is 12.3. The highest BCUT2D eigenvalue weighted by atomic mass is 32.1. The minimum atomic E-state index is 0.187. The summed E-state index contributed by atoms with van der Waals surface area (Å²) in [5.41, 5.74) is 3.20. The van der Waals surface area contributed by atoms with Gasteiger partial charge in [-0.15, -0.1) is 11.3 Å². The standard InChI is InChI=1S/C21H22N2OS/c24-21(23-11-1-2-12-23)17-9-4-7-15-14-6-3-8-16(14)20(22-19(15)17)18-10-5-13-25-18/h3-7,9-10,13-14,16,20,22H,1-2,8,11-12H2. The molecule has 25 heavy (non-hydrogen) atoms. The van der Waals surface area contributed by atoms with Gasteiger partial charge in [0.15, 0.2) is 0 Å². The second-order valence-corrected chi connectivity index (χ2v) is 8.24. The molecule has 2 aliphatic heterocycles. The molecule has 1 fully saturated rings. The van der Waals surface area contributed by atoms with Gasteiger partial charge >= 0.3 is 0 Å². The molecular weight excluding hydrogens is 328 g/mol. The van der Waals surface area contributed by atoms with Gasteiger partial charge in [-0.25, -0.2) is 0 Å². The van der Waals surface area contributed by atoms with E-state index in [9.17, 15) is 4.79 Å². The third-order valence-electron chi connectivity index (χ3n) is 5.87. The Morgan fingerprint density at radius 3 is 2.84 bits per heavy atom. The minimum Gasteiger partial charge on any atom is -0.376 e. The molecule has 3 nitrogen and oxygen atoms in total. The van der Waals surface area contributed by atoms with E-state index in [2.05, 4.69) is 47.1 Å². The summed E-state index contributed by atoms with van der Waals surface area (Å²) in [6, 6.07) is 10.9. The fourth-order valence-corrected chi connectivity index (χ4v) is 5.49. The Balaban J connectivity index is 1.58. The molecule has 1 amide bonds. The second kappa shape index (κ2) is 6.03. The Hall–Kier alpha value is -2.07. The van der Waals surface area contributed by atoms with E-state index < -0.39 is 0 Å². The van der Waals surface area contributed by atoms with Crippen molar-refractivity contribution in [3.05, 3.63) is 63.9 Å². The molecular formula is C21H22N2OS. The molecule has 0 spiro atoms. The Morgan fingerprint density at radius 1 is 1.16 bits per heavy atom. The molecule has 1 saturated heterocycles. The highest BCUT2D eigenvalue weighted by molar-refractivity contribution is 7.10. The lowest BCUT2D eigenvalue weighted by atomic mass is 9.78. The quantitative estimate of drug-likeness (QED) is 0.788. The van der Waals surface area contributed by atoms with Gasteiger partial charge in [0.05, 0.1) is 17.3 Å². The van der Waals surface area contributed by atoms with E-state index in [0.29, 0.717) is 17.9 Å². The van der Waals surface area contributed by atoms with Crippen LogP contribution in [0.1, 0.15) is 52.0 Å². The maximum Gasteiger partial charge on any atom is 0.255 e. The third-order valence-corrected chi connectivity index (χ3v) is 6.83. The molecule has 0 radical (unpaired) electrons. The molecule has 5 rings (SSSR count). The molecule has 0 bridgehead atoms.